The summed E-state index contributed by atoms with van der Waals surface area (Å²) in [5, 5.41) is 1.64. The van der Waals surface area contributed by atoms with E-state index in [2.05, 4.69) is 14.2 Å². The summed E-state index contributed by atoms with van der Waals surface area (Å²) < 4.78 is 35.0. The van der Waals surface area contributed by atoms with Gasteiger partial charge in [0.25, 0.3) is 0 Å². The number of carbonyl (C=O) groups is 2. The molecule has 0 unspecified atom stereocenters. The Bertz CT molecular complexity index is 604. The van der Waals surface area contributed by atoms with E-state index in [1.807, 2.05) is 0 Å². The van der Waals surface area contributed by atoms with Crippen LogP contribution in [0.1, 0.15) is 21.7 Å². The second-order valence-corrected chi connectivity index (χ2v) is 6.58. The van der Waals surface area contributed by atoms with Gasteiger partial charge in [0.15, 0.2) is 0 Å². The smallest absolute Gasteiger partial charge is 0.350 e. The van der Waals surface area contributed by atoms with Gasteiger partial charge in [-0.2, -0.15) is 0 Å². The Morgan fingerprint density at radius 1 is 1.30 bits per heavy atom. The summed E-state index contributed by atoms with van der Waals surface area (Å²) in [7, 11) is -1.35. The van der Waals surface area contributed by atoms with E-state index in [9.17, 15) is 18.0 Å². The first-order valence-electron chi connectivity index (χ1n) is 5.54. The van der Waals surface area contributed by atoms with Crippen LogP contribution in [0.2, 0.25) is 0 Å². The van der Waals surface area contributed by atoms with Crippen molar-refractivity contribution in [3.05, 3.63) is 15.8 Å². The molecule has 1 aromatic heterocycles. The number of carbonyl (C=O) groups excluding carboxylic acids is 2. The van der Waals surface area contributed by atoms with Crippen LogP contribution in [0.25, 0.3) is 0 Å². The van der Waals surface area contributed by atoms with Gasteiger partial charge in [-0.05, 0) is 17.9 Å². The number of thiophene rings is 1. The molecule has 0 saturated heterocycles. The minimum absolute atomic E-state index is 0.173. The van der Waals surface area contributed by atoms with Gasteiger partial charge >= 0.3 is 11.9 Å². The molecule has 0 radical (unpaired) electrons. The molecular weight excluding hydrogens is 306 g/mol. The van der Waals surface area contributed by atoms with Gasteiger partial charge in [-0.25, -0.2) is 13.2 Å². The SMILES string of the molecule is COC(=O)CCS(=O)(=O)Nc1c(C)csc1C(=O)OC. The second-order valence-electron chi connectivity index (χ2n) is 3.86. The maximum atomic E-state index is 11.9. The minimum atomic E-state index is -3.75. The van der Waals surface area contributed by atoms with E-state index >= 15 is 0 Å². The van der Waals surface area contributed by atoms with Crippen molar-refractivity contribution < 1.29 is 27.5 Å². The highest BCUT2D eigenvalue weighted by Crippen LogP contribution is 2.29. The van der Waals surface area contributed by atoms with Gasteiger partial charge in [0, 0.05) is 0 Å². The molecule has 0 aliphatic carbocycles. The van der Waals surface area contributed by atoms with Crippen LogP contribution in [0.3, 0.4) is 0 Å². The van der Waals surface area contributed by atoms with Crippen LogP contribution in [0.5, 0.6) is 0 Å². The van der Waals surface area contributed by atoms with E-state index in [0.29, 0.717) is 5.56 Å². The largest absolute Gasteiger partial charge is 0.469 e. The third-order valence-electron chi connectivity index (χ3n) is 2.41. The summed E-state index contributed by atoms with van der Waals surface area (Å²) in [5.74, 6) is -1.66. The molecule has 20 heavy (non-hydrogen) atoms. The summed E-state index contributed by atoms with van der Waals surface area (Å²) in [4.78, 5) is 22.7. The van der Waals surface area contributed by atoms with Gasteiger partial charge in [0.2, 0.25) is 10.0 Å². The van der Waals surface area contributed by atoms with Gasteiger partial charge in [-0.3, -0.25) is 9.52 Å². The number of sulfonamides is 1. The standard InChI is InChI=1S/C11H15NO6S2/c1-7-6-19-10(11(14)18-3)9(7)12-20(15,16)5-4-8(13)17-2/h6,12H,4-5H2,1-3H3. The number of rotatable bonds is 6. The maximum absolute atomic E-state index is 11.9. The van der Waals surface area contributed by atoms with Crippen LogP contribution in [0.15, 0.2) is 5.38 Å². The number of anilines is 1. The Labute approximate surface area is 120 Å². The normalized spacial score (nSPS) is 10.9. The van der Waals surface area contributed by atoms with Crippen molar-refractivity contribution >= 4 is 39.0 Å². The second kappa shape index (κ2) is 6.71. The van der Waals surface area contributed by atoms with E-state index in [4.69, 9.17) is 0 Å². The molecule has 0 fully saturated rings. The Balaban J connectivity index is 2.90. The van der Waals surface area contributed by atoms with Crippen molar-refractivity contribution in [3.63, 3.8) is 0 Å². The lowest BCUT2D eigenvalue weighted by Gasteiger charge is -2.09. The zero-order chi connectivity index (χ0) is 15.3. The average Bonchev–Trinajstić information content (AvgIpc) is 2.76. The molecule has 1 rings (SSSR count). The predicted octanol–water partition coefficient (Wildman–Crippen LogP) is 1.15. The lowest BCUT2D eigenvalue weighted by Crippen LogP contribution is -2.20. The third kappa shape index (κ3) is 4.20. The Morgan fingerprint density at radius 2 is 1.95 bits per heavy atom. The minimum Gasteiger partial charge on any atom is -0.469 e. The number of esters is 2. The lowest BCUT2D eigenvalue weighted by molar-refractivity contribution is -0.140. The highest BCUT2D eigenvalue weighted by Gasteiger charge is 2.22. The van der Waals surface area contributed by atoms with Gasteiger partial charge in [-0.15, -0.1) is 11.3 Å². The zero-order valence-electron chi connectivity index (χ0n) is 11.3. The quantitative estimate of drug-likeness (QED) is 0.789. The van der Waals surface area contributed by atoms with E-state index < -0.39 is 27.7 Å². The number of hydrogen-bond acceptors (Lipinski definition) is 7. The first kappa shape index (κ1) is 16.4. The summed E-state index contributed by atoms with van der Waals surface area (Å²) in [6.07, 6.45) is -0.261. The molecule has 0 aromatic carbocycles. The Hall–Kier alpha value is -1.61. The molecule has 112 valence electrons. The van der Waals surface area contributed by atoms with Crippen LogP contribution < -0.4 is 4.72 Å². The van der Waals surface area contributed by atoms with Crippen LogP contribution in [-0.4, -0.2) is 40.3 Å². The molecule has 0 bridgehead atoms. The fourth-order valence-corrected chi connectivity index (χ4v) is 3.44. The summed E-state index contributed by atoms with van der Waals surface area (Å²) in [6, 6.07) is 0. The Kier molecular flexibility index (Phi) is 5.52. The monoisotopic (exact) mass is 321 g/mol. The molecule has 0 aliphatic rings. The first-order valence-corrected chi connectivity index (χ1v) is 8.07. The number of methoxy groups -OCH3 is 2. The molecule has 1 aromatic rings. The van der Waals surface area contributed by atoms with E-state index in [0.717, 1.165) is 11.3 Å². The molecule has 1 heterocycles. The van der Waals surface area contributed by atoms with E-state index in [1.54, 1.807) is 12.3 Å². The van der Waals surface area contributed by atoms with Gasteiger partial charge in [-0.1, -0.05) is 0 Å². The molecule has 1 N–H and O–H groups in total. The summed E-state index contributed by atoms with van der Waals surface area (Å²) in [5.41, 5.74) is 0.795. The molecule has 0 spiro atoms. The lowest BCUT2D eigenvalue weighted by atomic mass is 10.3. The van der Waals surface area contributed by atoms with Crippen LogP contribution in [0, 0.1) is 6.92 Å². The maximum Gasteiger partial charge on any atom is 0.350 e. The van der Waals surface area contributed by atoms with Gasteiger partial charge in [0.1, 0.15) is 4.88 Å². The van der Waals surface area contributed by atoms with Crippen molar-refractivity contribution in [2.45, 2.75) is 13.3 Å². The third-order valence-corrected chi connectivity index (χ3v) is 4.74. The summed E-state index contributed by atoms with van der Waals surface area (Å²) >= 11 is 1.09. The fourth-order valence-electron chi connectivity index (χ4n) is 1.34. The van der Waals surface area contributed by atoms with Crippen LogP contribution in [0.4, 0.5) is 5.69 Å². The van der Waals surface area contributed by atoms with Gasteiger partial charge in [0.05, 0.1) is 32.1 Å². The predicted molar refractivity (Wildman–Crippen MR) is 74.4 cm³/mol. The number of hydrogen-bond donors (Lipinski definition) is 1. The van der Waals surface area contributed by atoms with Crippen LogP contribution >= 0.6 is 11.3 Å². The van der Waals surface area contributed by atoms with Crippen molar-refractivity contribution in [1.82, 2.24) is 0 Å². The molecule has 0 amide bonds. The molecule has 0 saturated carbocycles. The fraction of sp³-hybridized carbons (Fsp3) is 0.455. The zero-order valence-corrected chi connectivity index (χ0v) is 12.9. The molecule has 0 aliphatic heterocycles. The first-order chi connectivity index (χ1) is 9.30. The number of nitrogens with one attached hydrogen (secondary N) is 1. The van der Waals surface area contributed by atoms with Crippen molar-refractivity contribution in [2.75, 3.05) is 24.7 Å². The van der Waals surface area contributed by atoms with E-state index in [1.165, 1.54) is 14.2 Å². The summed E-state index contributed by atoms with van der Waals surface area (Å²) in [6.45, 7) is 1.67. The highest BCUT2D eigenvalue weighted by atomic mass is 32.2. The molecular formula is C11H15NO6S2. The van der Waals surface area contributed by atoms with Crippen molar-refractivity contribution in [3.8, 4) is 0 Å². The van der Waals surface area contributed by atoms with Crippen molar-refractivity contribution in [2.24, 2.45) is 0 Å². The number of ether oxygens (including phenoxy) is 2. The number of aryl methyl sites for hydroxylation is 1. The van der Waals surface area contributed by atoms with Crippen molar-refractivity contribution in [1.29, 1.82) is 0 Å². The highest BCUT2D eigenvalue weighted by molar-refractivity contribution is 7.92. The molecule has 0 atom stereocenters. The molecule has 9 heteroatoms. The Morgan fingerprint density at radius 3 is 2.50 bits per heavy atom. The van der Waals surface area contributed by atoms with E-state index in [-0.39, 0.29) is 17.0 Å². The molecule has 7 nitrogen and oxygen atoms in total. The van der Waals surface area contributed by atoms with Crippen LogP contribution in [-0.2, 0) is 24.3 Å². The topological polar surface area (TPSA) is 98.8 Å². The van der Waals surface area contributed by atoms with Gasteiger partial charge < -0.3 is 9.47 Å². The average molecular weight is 321 g/mol.